The largest absolute Gasteiger partial charge is 0.416 e. The van der Waals surface area contributed by atoms with Gasteiger partial charge in [-0.15, -0.1) is 20.4 Å². The van der Waals surface area contributed by atoms with Gasteiger partial charge in [-0.05, 0) is 143 Å². The molecule has 0 saturated heterocycles. The summed E-state index contributed by atoms with van der Waals surface area (Å²) in [6.45, 7) is 0. The van der Waals surface area contributed by atoms with Crippen molar-refractivity contribution in [2.24, 2.45) is 0 Å². The fourth-order valence-corrected chi connectivity index (χ4v) is 10.2. The molecular weight excluding hydrogens is 961 g/mol. The molecule has 0 aliphatic heterocycles. The maximum absolute atomic E-state index is 6.29. The number of nitrogens with zero attached hydrogens (tertiary/aromatic N) is 8. The van der Waals surface area contributed by atoms with Crippen LogP contribution in [0.5, 0.6) is 0 Å². The maximum Gasteiger partial charge on any atom is 0.248 e. The molecule has 0 spiro atoms. The molecule has 0 aliphatic rings. The van der Waals surface area contributed by atoms with E-state index in [4.69, 9.17) is 18.8 Å². The van der Waals surface area contributed by atoms with Gasteiger partial charge in [0, 0.05) is 67.5 Å². The molecule has 3 aromatic heterocycles. The molecule has 0 saturated carbocycles. The van der Waals surface area contributed by atoms with E-state index >= 15 is 0 Å². The first kappa shape index (κ1) is 45.7. The molecule has 0 bridgehead atoms. The van der Waals surface area contributed by atoms with E-state index in [0.717, 1.165) is 111 Å². The molecule has 78 heavy (non-hydrogen) atoms. The molecule has 14 rings (SSSR count). The average molecular weight is 1010 g/mol. The summed E-state index contributed by atoms with van der Waals surface area (Å²) >= 11 is 0. The minimum absolute atomic E-state index is 0.454. The van der Waals surface area contributed by atoms with E-state index in [-0.39, 0.29) is 0 Å². The lowest BCUT2D eigenvalue weighted by Gasteiger charge is -2.26. The Labute approximate surface area is 448 Å². The van der Waals surface area contributed by atoms with E-state index in [1.54, 1.807) is 0 Å². The fourth-order valence-electron chi connectivity index (χ4n) is 10.2. The monoisotopic (exact) mass is 1000 g/mol. The van der Waals surface area contributed by atoms with Crippen LogP contribution in [-0.4, -0.2) is 30.4 Å². The molecule has 0 amide bonds. The Kier molecular flexibility index (Phi) is 11.6. The summed E-state index contributed by atoms with van der Waals surface area (Å²) in [5, 5.41) is 22.2. The Morgan fingerprint density at radius 2 is 0.551 bits per heavy atom. The van der Waals surface area contributed by atoms with Gasteiger partial charge < -0.3 is 18.6 Å². The standard InChI is InChI=1S/C68H44N8O2/c1-3-19-51(20-4-1)75(55-41-33-49(34-42-55)65-71-73-67(77-65)59-25-13-17-45-15-7-9-23-57(45)59)53-37-29-47(30-38-53)63-64(70-62-28-12-11-27-61(62)69-63)48-31-39-54(40-32-48)76(52-21-5-2-6-22-52)56-43-35-50(36-44-56)66-72-74-68(78-66)60-26-14-18-46-16-8-10-24-58(46)60/h1-44H. The molecule has 0 atom stereocenters. The summed E-state index contributed by atoms with van der Waals surface area (Å²) in [6.07, 6.45) is 0. The molecule has 3 heterocycles. The third-order valence-corrected chi connectivity index (χ3v) is 14.0. The van der Waals surface area contributed by atoms with Crippen LogP contribution in [-0.2, 0) is 0 Å². The van der Waals surface area contributed by atoms with Crippen LogP contribution in [0.25, 0.3) is 101 Å². The van der Waals surface area contributed by atoms with E-state index in [1.807, 2.05) is 109 Å². The Bertz CT molecular complexity index is 4130. The van der Waals surface area contributed by atoms with E-state index in [0.29, 0.717) is 23.6 Å². The zero-order chi connectivity index (χ0) is 51.8. The van der Waals surface area contributed by atoms with Crippen LogP contribution in [0.15, 0.2) is 276 Å². The number of para-hydroxylation sites is 4. The van der Waals surface area contributed by atoms with Crippen LogP contribution in [0.3, 0.4) is 0 Å². The number of benzene rings is 11. The van der Waals surface area contributed by atoms with Crippen molar-refractivity contribution >= 4 is 66.7 Å². The summed E-state index contributed by atoms with van der Waals surface area (Å²) in [4.78, 5) is 15.0. The first-order valence-electron chi connectivity index (χ1n) is 25.7. The van der Waals surface area contributed by atoms with Gasteiger partial charge >= 0.3 is 0 Å². The van der Waals surface area contributed by atoms with Crippen LogP contribution in [0.1, 0.15) is 0 Å². The van der Waals surface area contributed by atoms with Crippen LogP contribution in [0.4, 0.5) is 34.1 Å². The summed E-state index contributed by atoms with van der Waals surface area (Å²) < 4.78 is 12.6. The molecule has 0 unspecified atom stereocenters. The first-order valence-corrected chi connectivity index (χ1v) is 25.7. The molecule has 14 aromatic rings. The highest BCUT2D eigenvalue weighted by Gasteiger charge is 2.21. The Balaban J connectivity index is 0.764. The molecule has 10 nitrogen and oxygen atoms in total. The highest BCUT2D eigenvalue weighted by Crippen LogP contribution is 2.41. The van der Waals surface area contributed by atoms with Gasteiger partial charge in [-0.3, -0.25) is 0 Å². The predicted octanol–water partition coefficient (Wildman–Crippen LogP) is 17.6. The summed E-state index contributed by atoms with van der Waals surface area (Å²) in [5.41, 5.74) is 14.5. The number of hydrogen-bond acceptors (Lipinski definition) is 10. The Morgan fingerprint density at radius 3 is 0.949 bits per heavy atom. The van der Waals surface area contributed by atoms with Crippen molar-refractivity contribution in [2.75, 3.05) is 9.80 Å². The van der Waals surface area contributed by atoms with E-state index in [9.17, 15) is 0 Å². The number of rotatable bonds is 12. The molecule has 0 N–H and O–H groups in total. The highest BCUT2D eigenvalue weighted by atomic mass is 16.4. The van der Waals surface area contributed by atoms with Crippen molar-refractivity contribution in [1.29, 1.82) is 0 Å². The van der Waals surface area contributed by atoms with Crippen molar-refractivity contribution in [2.45, 2.75) is 0 Å². The number of fused-ring (bicyclic) bond motifs is 3. The SMILES string of the molecule is c1ccc(N(c2ccc(-c3nnc(-c4cccc5ccccc45)o3)cc2)c2ccc(-c3nc4ccccc4nc3-c3ccc(N(c4ccccc4)c4ccc(-c5nnc(-c6cccc7ccccc67)o5)cc4)cc3)cc2)cc1. The Hall–Kier alpha value is -10.8. The summed E-state index contributed by atoms with van der Waals surface area (Å²) in [7, 11) is 0. The normalized spacial score (nSPS) is 11.3. The van der Waals surface area contributed by atoms with Crippen LogP contribution >= 0.6 is 0 Å². The van der Waals surface area contributed by atoms with Crippen LogP contribution < -0.4 is 9.80 Å². The van der Waals surface area contributed by atoms with Crippen molar-refractivity contribution < 1.29 is 8.83 Å². The topological polar surface area (TPSA) is 110 Å². The third kappa shape index (κ3) is 8.64. The fraction of sp³-hybridized carbons (Fsp3) is 0. The molecule has 0 aliphatic carbocycles. The molecule has 0 radical (unpaired) electrons. The van der Waals surface area contributed by atoms with Gasteiger partial charge in [0.2, 0.25) is 23.6 Å². The zero-order valence-electron chi connectivity index (χ0n) is 41.8. The summed E-state index contributed by atoms with van der Waals surface area (Å²) in [6, 6.07) is 90.9. The minimum atomic E-state index is 0.454. The second-order valence-corrected chi connectivity index (χ2v) is 18.8. The molecular formula is C68H44N8O2. The van der Waals surface area contributed by atoms with Crippen molar-refractivity contribution in [1.82, 2.24) is 30.4 Å². The summed E-state index contributed by atoms with van der Waals surface area (Å²) in [5.74, 6) is 1.87. The third-order valence-electron chi connectivity index (χ3n) is 14.0. The number of hydrogen-bond donors (Lipinski definition) is 0. The zero-order valence-corrected chi connectivity index (χ0v) is 41.8. The lowest BCUT2D eigenvalue weighted by molar-refractivity contribution is 0.585. The predicted molar refractivity (Wildman–Crippen MR) is 312 cm³/mol. The molecule has 10 heteroatoms. The molecule has 11 aromatic carbocycles. The van der Waals surface area contributed by atoms with Crippen molar-refractivity contribution in [3.05, 3.63) is 267 Å². The van der Waals surface area contributed by atoms with Gasteiger partial charge in [0.1, 0.15) is 0 Å². The first-order chi connectivity index (χ1) is 38.6. The lowest BCUT2D eigenvalue weighted by atomic mass is 10.0. The minimum Gasteiger partial charge on any atom is -0.416 e. The van der Waals surface area contributed by atoms with E-state index in [1.165, 1.54) is 0 Å². The van der Waals surface area contributed by atoms with Gasteiger partial charge in [-0.1, -0.05) is 146 Å². The quantitative estimate of drug-likeness (QED) is 0.117. The van der Waals surface area contributed by atoms with Gasteiger partial charge in [0.05, 0.1) is 22.4 Å². The maximum atomic E-state index is 6.29. The van der Waals surface area contributed by atoms with Crippen molar-refractivity contribution in [3.8, 4) is 68.3 Å². The number of aromatic nitrogens is 6. The smallest absolute Gasteiger partial charge is 0.248 e. The van der Waals surface area contributed by atoms with Crippen molar-refractivity contribution in [3.63, 3.8) is 0 Å². The van der Waals surface area contributed by atoms with E-state index in [2.05, 4.69) is 188 Å². The Morgan fingerprint density at radius 1 is 0.244 bits per heavy atom. The van der Waals surface area contributed by atoms with Gasteiger partial charge in [-0.25, -0.2) is 9.97 Å². The van der Waals surface area contributed by atoms with E-state index < -0.39 is 0 Å². The molecule has 368 valence electrons. The average Bonchev–Trinajstić information content (AvgIpc) is 4.31. The van der Waals surface area contributed by atoms with Crippen LogP contribution in [0, 0.1) is 0 Å². The lowest BCUT2D eigenvalue weighted by Crippen LogP contribution is -2.10. The molecule has 0 fully saturated rings. The number of anilines is 6. The van der Waals surface area contributed by atoms with Gasteiger partial charge in [-0.2, -0.15) is 0 Å². The van der Waals surface area contributed by atoms with Gasteiger partial charge in [0.25, 0.3) is 0 Å². The van der Waals surface area contributed by atoms with Crippen LogP contribution in [0.2, 0.25) is 0 Å². The second-order valence-electron chi connectivity index (χ2n) is 18.8. The highest BCUT2D eigenvalue weighted by molar-refractivity contribution is 5.96. The second kappa shape index (κ2) is 19.8. The van der Waals surface area contributed by atoms with Gasteiger partial charge in [0.15, 0.2) is 0 Å².